The fraction of sp³-hybridized carbons (Fsp3) is 0.581. The van der Waals surface area contributed by atoms with Gasteiger partial charge < -0.3 is 20.1 Å². The van der Waals surface area contributed by atoms with E-state index in [1.165, 1.54) is 16.4 Å². The molecule has 1 aliphatic rings. The van der Waals surface area contributed by atoms with Gasteiger partial charge in [-0.05, 0) is 104 Å². The summed E-state index contributed by atoms with van der Waals surface area (Å²) in [5.74, 6) is 1.67. The third kappa shape index (κ3) is 7.64. The standard InChI is InChI=1S/C31H46ClN7O4S/c1-19(2)43-27-15-23(22-10-12-39(13-11-22)31(6,7)18-42-9)21(5)14-25(27)35-30-33-16-24(32)28(36-30)34-26-17-38(8)37-29(26)44(40,41)20(3)4/h14-17,19-20,22H,10-13,18H2,1-9H3,(H2,33,34,35,36). The molecule has 11 nitrogen and oxygen atoms in total. The molecule has 0 aliphatic carbocycles. The summed E-state index contributed by atoms with van der Waals surface area (Å²) in [6.07, 6.45) is 5.12. The van der Waals surface area contributed by atoms with Gasteiger partial charge in [0.2, 0.25) is 20.8 Å². The summed E-state index contributed by atoms with van der Waals surface area (Å²) in [6.45, 7) is 16.5. The van der Waals surface area contributed by atoms with Crippen molar-refractivity contribution >= 4 is 44.6 Å². The molecule has 3 aromatic rings. The molecule has 2 N–H and O–H groups in total. The van der Waals surface area contributed by atoms with E-state index in [1.54, 1.807) is 34.2 Å². The van der Waals surface area contributed by atoms with Crippen molar-refractivity contribution in [2.45, 2.75) is 89.1 Å². The van der Waals surface area contributed by atoms with Crippen molar-refractivity contribution in [1.82, 2.24) is 24.6 Å². The van der Waals surface area contributed by atoms with Gasteiger partial charge in [-0.25, -0.2) is 13.4 Å². The lowest BCUT2D eigenvalue weighted by atomic mass is 9.85. The molecule has 0 bridgehead atoms. The van der Waals surface area contributed by atoms with Crippen LogP contribution in [0.3, 0.4) is 0 Å². The van der Waals surface area contributed by atoms with Gasteiger partial charge in [0.1, 0.15) is 10.8 Å². The number of methoxy groups -OCH3 is 1. The topological polar surface area (TPSA) is 123 Å². The van der Waals surface area contributed by atoms with E-state index in [0.717, 1.165) is 37.2 Å². The highest BCUT2D eigenvalue weighted by Crippen LogP contribution is 2.39. The van der Waals surface area contributed by atoms with Gasteiger partial charge in [0.15, 0.2) is 5.82 Å². The number of aromatic nitrogens is 4. The van der Waals surface area contributed by atoms with Crippen LogP contribution in [-0.4, -0.2) is 76.8 Å². The number of likely N-dealkylation sites (tertiary alicyclic amines) is 1. The van der Waals surface area contributed by atoms with Crippen LogP contribution in [-0.2, 0) is 21.6 Å². The van der Waals surface area contributed by atoms with Gasteiger partial charge in [-0.2, -0.15) is 10.1 Å². The van der Waals surface area contributed by atoms with E-state index in [9.17, 15) is 8.42 Å². The second-order valence-corrected chi connectivity index (χ2v) is 15.5. The molecule has 4 rings (SSSR count). The maximum Gasteiger partial charge on any atom is 0.229 e. The Bertz CT molecular complexity index is 1570. The number of halogens is 1. The minimum absolute atomic E-state index is 0.00200. The lowest BCUT2D eigenvalue weighted by Crippen LogP contribution is -2.50. The molecular weight excluding hydrogens is 602 g/mol. The molecule has 0 radical (unpaired) electrons. The number of benzene rings is 1. The zero-order chi connectivity index (χ0) is 32.4. The number of sulfone groups is 1. The summed E-state index contributed by atoms with van der Waals surface area (Å²) in [7, 11) is -0.232. The molecule has 3 heterocycles. The molecule has 1 saturated heterocycles. The molecule has 0 spiro atoms. The Morgan fingerprint density at radius 2 is 1.80 bits per heavy atom. The third-order valence-corrected chi connectivity index (χ3v) is 10.3. The van der Waals surface area contributed by atoms with Gasteiger partial charge in [0.05, 0.1) is 35.5 Å². The Morgan fingerprint density at radius 3 is 2.41 bits per heavy atom. The van der Waals surface area contributed by atoms with Crippen LogP contribution in [0.25, 0.3) is 0 Å². The Labute approximate surface area is 266 Å². The highest BCUT2D eigenvalue weighted by atomic mass is 35.5. The van der Waals surface area contributed by atoms with Gasteiger partial charge in [0, 0.05) is 25.9 Å². The van der Waals surface area contributed by atoms with Gasteiger partial charge >= 0.3 is 0 Å². The summed E-state index contributed by atoms with van der Waals surface area (Å²) in [4.78, 5) is 11.5. The van der Waals surface area contributed by atoms with Crippen molar-refractivity contribution in [3.8, 4) is 5.75 Å². The number of rotatable bonds is 12. The molecule has 44 heavy (non-hydrogen) atoms. The number of nitrogens with zero attached hydrogens (tertiary/aromatic N) is 5. The van der Waals surface area contributed by atoms with Crippen LogP contribution < -0.4 is 15.4 Å². The molecular formula is C31H46ClN7O4S. The van der Waals surface area contributed by atoms with Crippen LogP contribution in [0.4, 0.5) is 23.1 Å². The van der Waals surface area contributed by atoms with Crippen molar-refractivity contribution in [2.24, 2.45) is 7.05 Å². The van der Waals surface area contributed by atoms with Crippen LogP contribution in [0.15, 0.2) is 29.6 Å². The molecule has 2 aromatic heterocycles. The number of hydrogen-bond donors (Lipinski definition) is 2. The zero-order valence-corrected chi connectivity index (χ0v) is 28.8. The Hall–Kier alpha value is -2.93. The van der Waals surface area contributed by atoms with E-state index >= 15 is 0 Å². The number of aryl methyl sites for hydroxylation is 2. The van der Waals surface area contributed by atoms with Crippen molar-refractivity contribution < 1.29 is 17.9 Å². The van der Waals surface area contributed by atoms with Gasteiger partial charge in [-0.3, -0.25) is 9.58 Å². The predicted octanol–water partition coefficient (Wildman–Crippen LogP) is 6.23. The van der Waals surface area contributed by atoms with Crippen LogP contribution in [0.5, 0.6) is 5.75 Å². The average molecular weight is 648 g/mol. The Morgan fingerprint density at radius 1 is 1.11 bits per heavy atom. The van der Waals surface area contributed by atoms with Gasteiger partial charge in [-0.15, -0.1) is 0 Å². The summed E-state index contributed by atoms with van der Waals surface area (Å²) >= 11 is 6.45. The smallest absolute Gasteiger partial charge is 0.229 e. The quantitative estimate of drug-likeness (QED) is 0.234. The zero-order valence-electron chi connectivity index (χ0n) is 27.2. The minimum Gasteiger partial charge on any atom is -0.489 e. The number of anilines is 4. The molecule has 0 unspecified atom stereocenters. The molecule has 242 valence electrons. The second-order valence-electron chi connectivity index (χ2n) is 12.6. The van der Waals surface area contributed by atoms with Crippen molar-refractivity contribution in [2.75, 3.05) is 37.4 Å². The molecule has 0 atom stereocenters. The number of hydrogen-bond acceptors (Lipinski definition) is 10. The lowest BCUT2D eigenvalue weighted by molar-refractivity contribution is 0.0186. The van der Waals surface area contributed by atoms with Gasteiger partial charge in [0.25, 0.3) is 0 Å². The van der Waals surface area contributed by atoms with E-state index in [1.807, 2.05) is 13.8 Å². The van der Waals surface area contributed by atoms with Gasteiger partial charge in [-0.1, -0.05) is 11.6 Å². The van der Waals surface area contributed by atoms with E-state index in [0.29, 0.717) is 18.3 Å². The SMILES string of the molecule is COCC(C)(C)N1CCC(c2cc(OC(C)C)c(Nc3ncc(Cl)c(Nc4cn(C)nc4S(=O)(=O)C(C)C)n3)cc2C)CC1. The maximum atomic E-state index is 12.9. The molecule has 1 aliphatic heterocycles. The van der Waals surface area contributed by atoms with Crippen LogP contribution in [0, 0.1) is 6.92 Å². The lowest BCUT2D eigenvalue weighted by Gasteiger charge is -2.43. The second kappa shape index (κ2) is 13.6. The first-order valence-electron chi connectivity index (χ1n) is 15.0. The number of piperidine rings is 1. The summed E-state index contributed by atoms with van der Waals surface area (Å²) in [5, 5.41) is 10.1. The first-order valence-corrected chi connectivity index (χ1v) is 16.9. The molecule has 1 aromatic carbocycles. The fourth-order valence-corrected chi connectivity index (χ4v) is 6.82. The maximum absolute atomic E-state index is 12.9. The third-order valence-electron chi connectivity index (χ3n) is 7.95. The first-order chi connectivity index (χ1) is 20.6. The van der Waals surface area contributed by atoms with Crippen LogP contribution >= 0.6 is 11.6 Å². The fourth-order valence-electron chi connectivity index (χ4n) is 5.58. The largest absolute Gasteiger partial charge is 0.489 e. The van der Waals surface area contributed by atoms with Crippen LogP contribution in [0.1, 0.15) is 71.4 Å². The molecule has 0 amide bonds. The summed E-state index contributed by atoms with van der Waals surface area (Å²) in [6, 6.07) is 4.22. The normalized spacial score (nSPS) is 15.3. The molecule has 13 heteroatoms. The predicted molar refractivity (Wildman–Crippen MR) is 176 cm³/mol. The summed E-state index contributed by atoms with van der Waals surface area (Å²) in [5.41, 5.74) is 3.46. The van der Waals surface area contributed by atoms with E-state index < -0.39 is 15.1 Å². The Kier molecular flexibility index (Phi) is 10.5. The monoisotopic (exact) mass is 647 g/mol. The van der Waals surface area contributed by atoms with Crippen molar-refractivity contribution in [3.05, 3.63) is 40.7 Å². The minimum atomic E-state index is -3.65. The van der Waals surface area contributed by atoms with E-state index in [-0.39, 0.29) is 39.1 Å². The highest BCUT2D eigenvalue weighted by Gasteiger charge is 2.32. The molecule has 1 fully saturated rings. The number of ether oxygens (including phenoxy) is 2. The highest BCUT2D eigenvalue weighted by molar-refractivity contribution is 7.92. The van der Waals surface area contributed by atoms with E-state index in [4.69, 9.17) is 21.1 Å². The Balaban J connectivity index is 1.60. The van der Waals surface area contributed by atoms with E-state index in [2.05, 4.69) is 63.5 Å². The average Bonchev–Trinajstić information content (AvgIpc) is 3.32. The van der Waals surface area contributed by atoms with Crippen molar-refractivity contribution in [1.29, 1.82) is 0 Å². The summed E-state index contributed by atoms with van der Waals surface area (Å²) < 4.78 is 39.0. The first kappa shape index (κ1) is 34.0. The molecule has 0 saturated carbocycles. The van der Waals surface area contributed by atoms with Crippen LogP contribution in [0.2, 0.25) is 5.02 Å². The van der Waals surface area contributed by atoms with Crippen molar-refractivity contribution in [3.63, 3.8) is 0 Å². The number of nitrogens with one attached hydrogen (secondary N) is 2.